The molecule has 0 aliphatic heterocycles. The van der Waals surface area contributed by atoms with Gasteiger partial charge in [0.1, 0.15) is 0 Å². The van der Waals surface area contributed by atoms with Crippen molar-refractivity contribution in [3.8, 4) is 0 Å². The second-order valence-electron chi connectivity index (χ2n) is 7.08. The molecule has 3 aliphatic carbocycles. The molecule has 0 heterocycles. The van der Waals surface area contributed by atoms with Crippen molar-refractivity contribution in [2.75, 3.05) is 13.2 Å². The normalized spacial score (nSPS) is 27.1. The van der Waals surface area contributed by atoms with E-state index < -0.39 is 5.41 Å². The summed E-state index contributed by atoms with van der Waals surface area (Å²) in [5, 5.41) is 0. The first-order chi connectivity index (χ1) is 9.50. The van der Waals surface area contributed by atoms with E-state index in [2.05, 4.69) is 0 Å². The van der Waals surface area contributed by atoms with E-state index in [9.17, 15) is 9.59 Å². The van der Waals surface area contributed by atoms with Gasteiger partial charge in [-0.05, 0) is 63.2 Å². The van der Waals surface area contributed by atoms with Gasteiger partial charge in [0.15, 0.2) is 5.41 Å². The fourth-order valence-electron chi connectivity index (χ4n) is 4.96. The van der Waals surface area contributed by atoms with Crippen LogP contribution in [0.1, 0.15) is 58.8 Å². The Hall–Kier alpha value is -1.06. The van der Waals surface area contributed by atoms with Crippen molar-refractivity contribution in [2.24, 2.45) is 16.2 Å². The van der Waals surface area contributed by atoms with E-state index >= 15 is 0 Å². The topological polar surface area (TPSA) is 52.6 Å². The van der Waals surface area contributed by atoms with E-state index in [4.69, 9.17) is 9.47 Å². The lowest BCUT2D eigenvalue weighted by Crippen LogP contribution is -2.65. The molecule has 3 rings (SSSR count). The Balaban J connectivity index is 1.68. The Kier molecular flexibility index (Phi) is 3.11. The van der Waals surface area contributed by atoms with Gasteiger partial charge in [-0.25, -0.2) is 0 Å². The Morgan fingerprint density at radius 2 is 1.35 bits per heavy atom. The molecule has 0 unspecified atom stereocenters. The summed E-state index contributed by atoms with van der Waals surface area (Å²) in [6.07, 6.45) is 7.68. The highest BCUT2D eigenvalue weighted by molar-refractivity contribution is 6.01. The number of hydrogen-bond donors (Lipinski definition) is 0. The fourth-order valence-corrected chi connectivity index (χ4v) is 4.96. The van der Waals surface area contributed by atoms with Gasteiger partial charge in [0.2, 0.25) is 0 Å². The summed E-state index contributed by atoms with van der Waals surface area (Å²) in [6.45, 7) is 4.18. The first-order valence-corrected chi connectivity index (χ1v) is 7.84. The molecule has 0 aromatic rings. The van der Waals surface area contributed by atoms with E-state index in [1.807, 2.05) is 0 Å². The molecule has 0 bridgehead atoms. The van der Waals surface area contributed by atoms with Crippen LogP contribution in [0.3, 0.4) is 0 Å². The van der Waals surface area contributed by atoms with Crippen molar-refractivity contribution in [3.05, 3.63) is 0 Å². The van der Waals surface area contributed by atoms with Crippen LogP contribution in [0.4, 0.5) is 0 Å². The average Bonchev–Trinajstić information content (AvgIpc) is 2.24. The van der Waals surface area contributed by atoms with Crippen LogP contribution in [0.2, 0.25) is 0 Å². The standard InChI is InChI=1S/C16H24O4/c1-3-19-12(17)16(13(18)20-4-2)10-15(11-16)8-14(9-15)6-5-7-14/h3-11H2,1-2H3. The largest absolute Gasteiger partial charge is 0.465 e. The molecule has 3 aliphatic rings. The van der Waals surface area contributed by atoms with Crippen LogP contribution in [0.15, 0.2) is 0 Å². The molecule has 0 saturated heterocycles. The van der Waals surface area contributed by atoms with Crippen molar-refractivity contribution in [1.82, 2.24) is 0 Å². The lowest BCUT2D eigenvalue weighted by atomic mass is 9.35. The van der Waals surface area contributed by atoms with Gasteiger partial charge in [0.25, 0.3) is 0 Å². The Bertz CT molecular complexity index is 400. The average molecular weight is 280 g/mol. The molecule has 0 aromatic carbocycles. The van der Waals surface area contributed by atoms with Gasteiger partial charge in [0.05, 0.1) is 13.2 Å². The fraction of sp³-hybridized carbons (Fsp3) is 0.875. The number of hydrogen-bond acceptors (Lipinski definition) is 4. The van der Waals surface area contributed by atoms with Gasteiger partial charge in [0, 0.05) is 0 Å². The third kappa shape index (κ3) is 1.80. The molecular formula is C16H24O4. The van der Waals surface area contributed by atoms with E-state index in [-0.39, 0.29) is 17.4 Å². The highest BCUT2D eigenvalue weighted by Crippen LogP contribution is 2.75. The number of esters is 2. The zero-order valence-corrected chi connectivity index (χ0v) is 12.5. The number of carbonyl (C=O) groups excluding carboxylic acids is 2. The molecule has 112 valence electrons. The second-order valence-corrected chi connectivity index (χ2v) is 7.08. The van der Waals surface area contributed by atoms with Gasteiger partial charge in [-0.2, -0.15) is 0 Å². The van der Waals surface area contributed by atoms with Gasteiger partial charge in [-0.1, -0.05) is 6.42 Å². The molecule has 20 heavy (non-hydrogen) atoms. The van der Waals surface area contributed by atoms with Crippen LogP contribution in [0, 0.1) is 16.2 Å². The molecule has 3 saturated carbocycles. The molecule has 4 heteroatoms. The SMILES string of the molecule is CCOC(=O)C1(C(=O)OCC)CC2(CC3(CCC3)C2)C1. The molecule has 0 aromatic heterocycles. The van der Waals surface area contributed by atoms with E-state index in [0.29, 0.717) is 31.5 Å². The first-order valence-electron chi connectivity index (χ1n) is 7.84. The molecule has 0 atom stereocenters. The van der Waals surface area contributed by atoms with Crippen molar-refractivity contribution >= 4 is 11.9 Å². The zero-order valence-electron chi connectivity index (χ0n) is 12.5. The van der Waals surface area contributed by atoms with Crippen LogP contribution >= 0.6 is 0 Å². The van der Waals surface area contributed by atoms with Gasteiger partial charge in [-0.3, -0.25) is 9.59 Å². The van der Waals surface area contributed by atoms with E-state index in [0.717, 1.165) is 0 Å². The molecule has 0 amide bonds. The Morgan fingerprint density at radius 3 is 1.70 bits per heavy atom. The summed E-state index contributed by atoms with van der Waals surface area (Å²) in [4.78, 5) is 24.4. The highest BCUT2D eigenvalue weighted by atomic mass is 16.6. The van der Waals surface area contributed by atoms with E-state index in [1.54, 1.807) is 13.8 Å². The maximum atomic E-state index is 12.2. The smallest absolute Gasteiger partial charge is 0.323 e. The van der Waals surface area contributed by atoms with Crippen molar-refractivity contribution in [2.45, 2.75) is 58.8 Å². The summed E-state index contributed by atoms with van der Waals surface area (Å²) >= 11 is 0. The third-order valence-corrected chi connectivity index (χ3v) is 5.60. The molecule has 3 fully saturated rings. The summed E-state index contributed by atoms with van der Waals surface area (Å²) < 4.78 is 10.3. The van der Waals surface area contributed by atoms with Crippen LogP contribution in [0.25, 0.3) is 0 Å². The van der Waals surface area contributed by atoms with Crippen LogP contribution < -0.4 is 0 Å². The van der Waals surface area contributed by atoms with Crippen molar-refractivity contribution in [3.63, 3.8) is 0 Å². The van der Waals surface area contributed by atoms with Crippen LogP contribution in [-0.4, -0.2) is 25.2 Å². The van der Waals surface area contributed by atoms with Gasteiger partial charge in [-0.15, -0.1) is 0 Å². The van der Waals surface area contributed by atoms with Gasteiger partial charge < -0.3 is 9.47 Å². The van der Waals surface area contributed by atoms with Crippen LogP contribution in [0.5, 0.6) is 0 Å². The maximum Gasteiger partial charge on any atom is 0.323 e. The number of carbonyl (C=O) groups is 2. The lowest BCUT2D eigenvalue weighted by molar-refractivity contribution is -0.223. The minimum atomic E-state index is -1.00. The van der Waals surface area contributed by atoms with Crippen LogP contribution in [-0.2, 0) is 19.1 Å². The summed E-state index contributed by atoms with van der Waals surface area (Å²) in [5.41, 5.74) is -0.215. The number of ether oxygens (including phenoxy) is 2. The quantitative estimate of drug-likeness (QED) is 0.587. The highest BCUT2D eigenvalue weighted by Gasteiger charge is 2.71. The molecule has 0 radical (unpaired) electrons. The minimum absolute atomic E-state index is 0.222. The molecule has 4 nitrogen and oxygen atoms in total. The predicted octanol–water partition coefficient (Wildman–Crippen LogP) is 2.84. The maximum absolute atomic E-state index is 12.2. The minimum Gasteiger partial charge on any atom is -0.465 e. The third-order valence-electron chi connectivity index (χ3n) is 5.60. The van der Waals surface area contributed by atoms with Gasteiger partial charge >= 0.3 is 11.9 Å². The van der Waals surface area contributed by atoms with Crippen molar-refractivity contribution in [1.29, 1.82) is 0 Å². The molecule has 2 spiro atoms. The summed E-state index contributed by atoms with van der Waals surface area (Å²) in [5.74, 6) is -0.753. The Morgan fingerprint density at radius 1 is 0.850 bits per heavy atom. The molecular weight excluding hydrogens is 256 g/mol. The lowest BCUT2D eigenvalue weighted by Gasteiger charge is -2.68. The van der Waals surface area contributed by atoms with Crippen molar-refractivity contribution < 1.29 is 19.1 Å². The number of rotatable bonds is 4. The Labute approximate surface area is 120 Å². The van der Waals surface area contributed by atoms with E-state index in [1.165, 1.54) is 32.1 Å². The summed E-state index contributed by atoms with van der Waals surface area (Å²) in [6, 6.07) is 0. The molecule has 0 N–H and O–H groups in total. The summed E-state index contributed by atoms with van der Waals surface area (Å²) in [7, 11) is 0. The second kappa shape index (κ2) is 4.47. The first kappa shape index (κ1) is 13.9. The zero-order chi connectivity index (χ0) is 14.4. The predicted molar refractivity (Wildman–Crippen MR) is 72.9 cm³/mol. The monoisotopic (exact) mass is 280 g/mol.